The first kappa shape index (κ1) is 14.8. The molecular formula is C14H18ClN3O2. The average molecular weight is 296 g/mol. The van der Waals surface area contributed by atoms with E-state index in [1.54, 1.807) is 6.92 Å². The Balaban J connectivity index is 1.95. The Kier molecular flexibility index (Phi) is 4.98. The molecule has 1 aromatic heterocycles. The van der Waals surface area contributed by atoms with E-state index >= 15 is 0 Å². The zero-order valence-electron chi connectivity index (χ0n) is 11.8. The highest BCUT2D eigenvalue weighted by molar-refractivity contribution is 6.32. The fourth-order valence-corrected chi connectivity index (χ4v) is 1.89. The molecule has 2 rings (SSSR count). The predicted octanol–water partition coefficient (Wildman–Crippen LogP) is 3.11. The Labute approximate surface area is 123 Å². The van der Waals surface area contributed by atoms with Gasteiger partial charge in [0.15, 0.2) is 6.61 Å². The maximum Gasteiger partial charge on any atom is 0.223 e. The van der Waals surface area contributed by atoms with Crippen LogP contribution in [-0.4, -0.2) is 16.2 Å². The highest BCUT2D eigenvalue weighted by Gasteiger charge is 2.07. The molecular weight excluding hydrogens is 278 g/mol. The number of aryl methyl sites for hydroxylation is 1. The molecule has 0 fully saturated rings. The van der Waals surface area contributed by atoms with Crippen LogP contribution in [0.4, 0.5) is 0 Å². The molecule has 2 aromatic rings. The number of nitrogens with zero attached hydrogens (tertiary/aromatic N) is 2. The first-order valence-corrected chi connectivity index (χ1v) is 6.86. The number of hydrogen-bond acceptors (Lipinski definition) is 5. The van der Waals surface area contributed by atoms with Gasteiger partial charge in [-0.3, -0.25) is 0 Å². The minimum absolute atomic E-state index is 0.237. The van der Waals surface area contributed by atoms with E-state index in [9.17, 15) is 0 Å². The second kappa shape index (κ2) is 6.72. The van der Waals surface area contributed by atoms with E-state index in [0.717, 1.165) is 12.1 Å². The van der Waals surface area contributed by atoms with E-state index in [1.807, 2.05) is 18.2 Å². The summed E-state index contributed by atoms with van der Waals surface area (Å²) in [6.07, 6.45) is 0. The molecule has 20 heavy (non-hydrogen) atoms. The first-order valence-electron chi connectivity index (χ1n) is 6.48. The van der Waals surface area contributed by atoms with Gasteiger partial charge in [0.1, 0.15) is 5.75 Å². The Bertz CT molecular complexity index is 569. The average Bonchev–Trinajstić information content (AvgIpc) is 2.81. The largest absolute Gasteiger partial charge is 0.484 e. The van der Waals surface area contributed by atoms with Gasteiger partial charge in [-0.25, -0.2) is 0 Å². The standard InChI is InChI=1S/C14H18ClN3O2/c1-9(2)16-7-11-4-5-13(12(15)6-11)19-8-14-17-10(3)20-18-14/h4-6,9,16H,7-8H2,1-3H3. The van der Waals surface area contributed by atoms with E-state index in [4.69, 9.17) is 20.9 Å². The highest BCUT2D eigenvalue weighted by Crippen LogP contribution is 2.26. The van der Waals surface area contributed by atoms with E-state index in [0.29, 0.717) is 28.5 Å². The second-order valence-corrected chi connectivity index (χ2v) is 5.23. The lowest BCUT2D eigenvalue weighted by Gasteiger charge is -2.10. The van der Waals surface area contributed by atoms with Crippen molar-refractivity contribution in [3.05, 3.63) is 40.5 Å². The van der Waals surface area contributed by atoms with Crippen LogP contribution in [-0.2, 0) is 13.2 Å². The molecule has 0 aliphatic rings. The Morgan fingerprint density at radius 2 is 2.20 bits per heavy atom. The van der Waals surface area contributed by atoms with Gasteiger partial charge in [0.25, 0.3) is 0 Å². The molecule has 0 amide bonds. The molecule has 0 saturated heterocycles. The maximum atomic E-state index is 6.20. The van der Waals surface area contributed by atoms with Crippen LogP contribution in [0.1, 0.15) is 31.1 Å². The van der Waals surface area contributed by atoms with Crippen LogP contribution < -0.4 is 10.1 Å². The second-order valence-electron chi connectivity index (χ2n) is 4.82. The number of nitrogens with one attached hydrogen (secondary N) is 1. The molecule has 1 heterocycles. The van der Waals surface area contributed by atoms with Gasteiger partial charge in [0.2, 0.25) is 11.7 Å². The predicted molar refractivity (Wildman–Crippen MR) is 76.8 cm³/mol. The topological polar surface area (TPSA) is 60.2 Å². The van der Waals surface area contributed by atoms with Gasteiger partial charge >= 0.3 is 0 Å². The third-order valence-electron chi connectivity index (χ3n) is 2.64. The van der Waals surface area contributed by atoms with Crippen molar-refractivity contribution in [2.24, 2.45) is 0 Å². The van der Waals surface area contributed by atoms with E-state index < -0.39 is 0 Å². The number of ether oxygens (including phenoxy) is 1. The van der Waals surface area contributed by atoms with Crippen LogP contribution in [0.5, 0.6) is 5.75 Å². The van der Waals surface area contributed by atoms with E-state index in [1.165, 1.54) is 0 Å². The minimum atomic E-state index is 0.237. The summed E-state index contributed by atoms with van der Waals surface area (Å²) in [7, 11) is 0. The van der Waals surface area contributed by atoms with Gasteiger partial charge in [-0.1, -0.05) is 36.7 Å². The van der Waals surface area contributed by atoms with Gasteiger partial charge in [0.05, 0.1) is 5.02 Å². The lowest BCUT2D eigenvalue weighted by molar-refractivity contribution is 0.286. The SMILES string of the molecule is Cc1nc(COc2ccc(CNC(C)C)cc2Cl)no1. The summed E-state index contributed by atoms with van der Waals surface area (Å²) in [5.74, 6) is 1.64. The summed E-state index contributed by atoms with van der Waals surface area (Å²) in [4.78, 5) is 4.07. The maximum absolute atomic E-state index is 6.20. The molecule has 0 aliphatic carbocycles. The quantitative estimate of drug-likeness (QED) is 0.887. The van der Waals surface area contributed by atoms with Gasteiger partial charge in [-0.2, -0.15) is 4.98 Å². The third-order valence-corrected chi connectivity index (χ3v) is 2.93. The van der Waals surface area contributed by atoms with Crippen LogP contribution in [0.15, 0.2) is 22.7 Å². The van der Waals surface area contributed by atoms with Crippen molar-refractivity contribution in [2.45, 2.75) is 40.0 Å². The van der Waals surface area contributed by atoms with Crippen molar-refractivity contribution < 1.29 is 9.26 Å². The number of benzene rings is 1. The lowest BCUT2D eigenvalue weighted by Crippen LogP contribution is -2.21. The molecule has 0 bridgehead atoms. The normalized spacial score (nSPS) is 11.1. The molecule has 5 nitrogen and oxygen atoms in total. The summed E-state index contributed by atoms with van der Waals surface area (Å²) in [5, 5.41) is 7.68. The summed E-state index contributed by atoms with van der Waals surface area (Å²) in [5.41, 5.74) is 1.12. The van der Waals surface area contributed by atoms with Gasteiger partial charge in [-0.15, -0.1) is 0 Å². The van der Waals surface area contributed by atoms with Gasteiger partial charge < -0.3 is 14.6 Å². The molecule has 0 radical (unpaired) electrons. The molecule has 6 heteroatoms. The summed E-state index contributed by atoms with van der Waals surface area (Å²) in [6, 6.07) is 6.17. The Morgan fingerprint density at radius 3 is 2.80 bits per heavy atom. The number of hydrogen-bond donors (Lipinski definition) is 1. The third kappa shape index (κ3) is 4.21. The van der Waals surface area contributed by atoms with Crippen molar-refractivity contribution in [2.75, 3.05) is 0 Å². The fraction of sp³-hybridized carbons (Fsp3) is 0.429. The summed E-state index contributed by atoms with van der Waals surface area (Å²) >= 11 is 6.20. The van der Waals surface area contributed by atoms with Crippen LogP contribution in [0, 0.1) is 6.92 Å². The van der Waals surface area contributed by atoms with Gasteiger partial charge in [0, 0.05) is 19.5 Å². The first-order chi connectivity index (χ1) is 9.54. The van der Waals surface area contributed by atoms with Crippen LogP contribution >= 0.6 is 11.6 Å². The summed E-state index contributed by atoms with van der Waals surface area (Å²) < 4.78 is 10.5. The number of rotatable bonds is 6. The van der Waals surface area contributed by atoms with Crippen molar-refractivity contribution in [3.8, 4) is 5.75 Å². The molecule has 0 unspecified atom stereocenters. The zero-order chi connectivity index (χ0) is 14.5. The Hall–Kier alpha value is -1.59. The molecule has 1 aromatic carbocycles. The van der Waals surface area contributed by atoms with Gasteiger partial charge in [-0.05, 0) is 17.7 Å². The van der Waals surface area contributed by atoms with Crippen LogP contribution in [0.2, 0.25) is 5.02 Å². The van der Waals surface area contributed by atoms with E-state index in [2.05, 4.69) is 29.3 Å². The molecule has 0 saturated carbocycles. The van der Waals surface area contributed by atoms with Crippen molar-refractivity contribution >= 4 is 11.6 Å². The smallest absolute Gasteiger partial charge is 0.223 e. The fourth-order valence-electron chi connectivity index (χ4n) is 1.64. The summed E-state index contributed by atoms with van der Waals surface area (Å²) in [6.45, 7) is 6.96. The van der Waals surface area contributed by atoms with Crippen LogP contribution in [0.3, 0.4) is 0 Å². The van der Waals surface area contributed by atoms with Crippen molar-refractivity contribution in [1.29, 1.82) is 0 Å². The number of halogens is 1. The van der Waals surface area contributed by atoms with Crippen molar-refractivity contribution in [1.82, 2.24) is 15.5 Å². The number of aromatic nitrogens is 2. The molecule has 0 spiro atoms. The Morgan fingerprint density at radius 1 is 1.40 bits per heavy atom. The molecule has 0 atom stereocenters. The highest BCUT2D eigenvalue weighted by atomic mass is 35.5. The van der Waals surface area contributed by atoms with Crippen LogP contribution in [0.25, 0.3) is 0 Å². The molecule has 1 N–H and O–H groups in total. The minimum Gasteiger partial charge on any atom is -0.484 e. The molecule has 0 aliphatic heterocycles. The zero-order valence-corrected chi connectivity index (χ0v) is 12.6. The monoisotopic (exact) mass is 295 g/mol. The van der Waals surface area contributed by atoms with E-state index in [-0.39, 0.29) is 6.61 Å². The van der Waals surface area contributed by atoms with Crippen molar-refractivity contribution in [3.63, 3.8) is 0 Å². The molecule has 108 valence electrons. The lowest BCUT2D eigenvalue weighted by atomic mass is 10.2.